The highest BCUT2D eigenvalue weighted by Gasteiger charge is 2.10. The van der Waals surface area contributed by atoms with Crippen molar-refractivity contribution in [2.24, 2.45) is 0 Å². The van der Waals surface area contributed by atoms with Crippen molar-refractivity contribution in [3.63, 3.8) is 0 Å². The lowest BCUT2D eigenvalue weighted by atomic mass is 10.0. The fraction of sp³-hybridized carbons (Fsp3) is 0.273. The molecule has 140 valence electrons. The van der Waals surface area contributed by atoms with E-state index in [2.05, 4.69) is 19.2 Å². The molecule has 0 unspecified atom stereocenters. The van der Waals surface area contributed by atoms with Crippen molar-refractivity contribution in [2.75, 3.05) is 11.1 Å². The van der Waals surface area contributed by atoms with Gasteiger partial charge in [0.2, 0.25) is 5.91 Å². The molecule has 0 aliphatic carbocycles. The number of amides is 1. The summed E-state index contributed by atoms with van der Waals surface area (Å²) >= 11 is 1.39. The first-order valence-corrected chi connectivity index (χ1v) is 10.1. The third kappa shape index (κ3) is 4.42. The number of nitrogens with one attached hydrogen (secondary N) is 1. The van der Waals surface area contributed by atoms with Gasteiger partial charge in [0.1, 0.15) is 0 Å². The zero-order valence-electron chi connectivity index (χ0n) is 15.9. The zero-order chi connectivity index (χ0) is 19.4. The van der Waals surface area contributed by atoms with Crippen molar-refractivity contribution in [1.29, 1.82) is 0 Å². The van der Waals surface area contributed by atoms with Gasteiger partial charge in [-0.05, 0) is 36.6 Å². The van der Waals surface area contributed by atoms with Gasteiger partial charge in [-0.25, -0.2) is 0 Å². The topological polar surface area (TPSA) is 51.1 Å². The Hall–Kier alpha value is -2.53. The van der Waals surface area contributed by atoms with E-state index in [4.69, 9.17) is 0 Å². The number of hydrogen-bond donors (Lipinski definition) is 1. The van der Waals surface area contributed by atoms with Gasteiger partial charge >= 0.3 is 0 Å². The Bertz CT molecular complexity index is 1010. The first-order chi connectivity index (χ1) is 13.0. The molecule has 0 fully saturated rings. The first-order valence-electron chi connectivity index (χ1n) is 9.14. The van der Waals surface area contributed by atoms with Crippen LogP contribution in [0.4, 0.5) is 5.69 Å². The quantitative estimate of drug-likeness (QED) is 0.620. The van der Waals surface area contributed by atoms with Crippen LogP contribution in [0.5, 0.6) is 0 Å². The fourth-order valence-corrected chi connectivity index (χ4v) is 3.91. The lowest BCUT2D eigenvalue weighted by Crippen LogP contribution is -2.19. The second kappa shape index (κ2) is 8.44. The molecule has 0 spiro atoms. The molecule has 0 saturated heterocycles. The van der Waals surface area contributed by atoms with E-state index in [0.717, 1.165) is 21.5 Å². The summed E-state index contributed by atoms with van der Waals surface area (Å²) in [6.07, 6.45) is 0. The number of para-hydroxylation sites is 1. The maximum atomic E-state index is 12.4. The van der Waals surface area contributed by atoms with Crippen LogP contribution in [0.3, 0.4) is 0 Å². The molecule has 3 rings (SSSR count). The van der Waals surface area contributed by atoms with Crippen molar-refractivity contribution in [1.82, 2.24) is 4.57 Å². The number of aryl methyl sites for hydroxylation is 1. The van der Waals surface area contributed by atoms with Gasteiger partial charge in [-0.2, -0.15) is 0 Å². The zero-order valence-corrected chi connectivity index (χ0v) is 16.7. The fourth-order valence-electron chi connectivity index (χ4n) is 3.04. The molecule has 0 aliphatic rings. The molecule has 0 saturated carbocycles. The average Bonchev–Trinajstić information content (AvgIpc) is 2.66. The number of rotatable bonds is 6. The van der Waals surface area contributed by atoms with Crippen LogP contribution < -0.4 is 10.9 Å². The summed E-state index contributed by atoms with van der Waals surface area (Å²) < 4.78 is 1.75. The normalized spacial score (nSPS) is 11.1. The molecule has 0 aliphatic heterocycles. The number of carbonyl (C=O) groups excluding carboxylic acids is 1. The average molecular weight is 381 g/mol. The Morgan fingerprint density at radius 1 is 1.11 bits per heavy atom. The number of benzene rings is 2. The van der Waals surface area contributed by atoms with Gasteiger partial charge in [-0.1, -0.05) is 44.2 Å². The summed E-state index contributed by atoms with van der Waals surface area (Å²) in [6, 6.07) is 17.4. The largest absolute Gasteiger partial charge is 0.325 e. The number of nitrogens with zero attached hydrogens (tertiary/aromatic N) is 1. The molecule has 2 aromatic carbocycles. The van der Waals surface area contributed by atoms with Crippen LogP contribution in [0.25, 0.3) is 10.9 Å². The van der Waals surface area contributed by atoms with Gasteiger partial charge in [0.05, 0.1) is 11.3 Å². The number of fused-ring (bicyclic) bond motifs is 1. The monoisotopic (exact) mass is 380 g/mol. The van der Waals surface area contributed by atoms with Crippen LogP contribution in [0.1, 0.15) is 32.3 Å². The molecule has 0 atom stereocenters. The van der Waals surface area contributed by atoms with E-state index >= 15 is 0 Å². The van der Waals surface area contributed by atoms with E-state index in [1.165, 1.54) is 17.3 Å². The van der Waals surface area contributed by atoms with Gasteiger partial charge in [0, 0.05) is 28.6 Å². The molecular weight excluding hydrogens is 356 g/mol. The lowest BCUT2D eigenvalue weighted by molar-refractivity contribution is -0.113. The third-order valence-corrected chi connectivity index (χ3v) is 5.57. The number of pyridine rings is 1. The highest BCUT2D eigenvalue weighted by Crippen LogP contribution is 2.26. The smallest absolute Gasteiger partial charge is 0.252 e. The number of hydrogen-bond acceptors (Lipinski definition) is 3. The van der Waals surface area contributed by atoms with Crippen LogP contribution in [0.15, 0.2) is 64.3 Å². The predicted octanol–water partition coefficient (Wildman–Crippen LogP) is 4.88. The summed E-state index contributed by atoms with van der Waals surface area (Å²) in [4.78, 5) is 25.5. The number of thioether (sulfide) groups is 1. The number of carbonyl (C=O) groups is 1. The summed E-state index contributed by atoms with van der Waals surface area (Å²) in [6.45, 7) is 6.86. The minimum atomic E-state index is -0.0824. The van der Waals surface area contributed by atoms with Gasteiger partial charge in [0.25, 0.3) is 5.56 Å². The Morgan fingerprint density at radius 2 is 1.81 bits per heavy atom. The van der Waals surface area contributed by atoms with Crippen molar-refractivity contribution in [3.05, 3.63) is 70.5 Å². The van der Waals surface area contributed by atoms with Gasteiger partial charge < -0.3 is 9.88 Å². The lowest BCUT2D eigenvalue weighted by Gasteiger charge is -2.12. The molecule has 0 bridgehead atoms. The minimum Gasteiger partial charge on any atom is -0.325 e. The highest BCUT2D eigenvalue weighted by atomic mass is 32.2. The van der Waals surface area contributed by atoms with Crippen LogP contribution in [-0.2, 0) is 11.3 Å². The van der Waals surface area contributed by atoms with E-state index in [1.807, 2.05) is 55.5 Å². The first kappa shape index (κ1) is 19.2. The summed E-state index contributed by atoms with van der Waals surface area (Å²) in [5.74, 6) is 0.635. The van der Waals surface area contributed by atoms with Crippen molar-refractivity contribution in [2.45, 2.75) is 38.1 Å². The minimum absolute atomic E-state index is 0.0385. The Kier molecular flexibility index (Phi) is 6.01. The van der Waals surface area contributed by atoms with Gasteiger partial charge in [0.15, 0.2) is 0 Å². The molecule has 1 N–H and O–H groups in total. The molecule has 3 aromatic rings. The molecule has 27 heavy (non-hydrogen) atoms. The maximum absolute atomic E-state index is 12.4. The summed E-state index contributed by atoms with van der Waals surface area (Å²) in [5, 5.41) is 3.92. The standard InChI is InChI=1S/C22H24N2O2S/c1-4-24-19-8-6-5-7-18(19)20(13-22(24)26)27-14-21(25)23-17-11-9-16(10-12-17)15(2)3/h5-13,15H,4,14H2,1-3H3,(H,23,25). The van der Waals surface area contributed by atoms with Crippen LogP contribution in [0.2, 0.25) is 0 Å². The van der Waals surface area contributed by atoms with Crippen molar-refractivity contribution >= 4 is 34.3 Å². The molecule has 0 radical (unpaired) electrons. The molecule has 4 nitrogen and oxygen atoms in total. The molecule has 1 heterocycles. The highest BCUT2D eigenvalue weighted by molar-refractivity contribution is 8.00. The molecule has 5 heteroatoms. The number of aromatic nitrogens is 1. The Labute approximate surface area is 163 Å². The predicted molar refractivity (Wildman–Crippen MR) is 114 cm³/mol. The molecule has 1 amide bonds. The second-order valence-electron chi connectivity index (χ2n) is 6.72. The summed E-state index contributed by atoms with van der Waals surface area (Å²) in [7, 11) is 0. The van der Waals surface area contributed by atoms with E-state index < -0.39 is 0 Å². The van der Waals surface area contributed by atoms with Crippen molar-refractivity contribution in [3.8, 4) is 0 Å². The Morgan fingerprint density at radius 3 is 2.48 bits per heavy atom. The van der Waals surface area contributed by atoms with Gasteiger partial charge in [-0.3, -0.25) is 9.59 Å². The van der Waals surface area contributed by atoms with E-state index in [9.17, 15) is 9.59 Å². The van der Waals surface area contributed by atoms with Gasteiger partial charge in [-0.15, -0.1) is 11.8 Å². The SMILES string of the molecule is CCn1c(=O)cc(SCC(=O)Nc2ccc(C(C)C)cc2)c2ccccc21. The molecule has 1 aromatic heterocycles. The maximum Gasteiger partial charge on any atom is 0.252 e. The second-order valence-corrected chi connectivity index (χ2v) is 7.74. The van der Waals surface area contributed by atoms with Crippen molar-refractivity contribution < 1.29 is 4.79 Å². The van der Waals surface area contributed by atoms with Crippen LogP contribution in [-0.4, -0.2) is 16.2 Å². The van der Waals surface area contributed by atoms with E-state index in [1.54, 1.807) is 10.6 Å². The molecular formula is C22H24N2O2S. The van der Waals surface area contributed by atoms with E-state index in [-0.39, 0.29) is 17.2 Å². The van der Waals surface area contributed by atoms with E-state index in [0.29, 0.717) is 12.5 Å². The number of anilines is 1. The Balaban J connectivity index is 1.73. The summed E-state index contributed by atoms with van der Waals surface area (Å²) in [5.41, 5.74) is 2.89. The third-order valence-electron chi connectivity index (χ3n) is 4.52. The van der Waals surface area contributed by atoms with Crippen LogP contribution in [0, 0.1) is 0 Å². The van der Waals surface area contributed by atoms with Crippen LogP contribution >= 0.6 is 11.8 Å².